The Morgan fingerprint density at radius 3 is 2.58 bits per heavy atom. The second kappa shape index (κ2) is 7.61. The van der Waals surface area contributed by atoms with E-state index in [1.165, 1.54) is 17.7 Å². The van der Waals surface area contributed by atoms with Crippen molar-refractivity contribution in [1.82, 2.24) is 29.8 Å². The molecule has 3 heterocycles. The molecule has 0 aliphatic rings. The van der Waals surface area contributed by atoms with Crippen molar-refractivity contribution < 1.29 is 4.79 Å². The number of rotatable bonds is 6. The summed E-state index contributed by atoms with van der Waals surface area (Å²) in [7, 11) is 0. The van der Waals surface area contributed by atoms with E-state index in [9.17, 15) is 4.79 Å². The van der Waals surface area contributed by atoms with Crippen molar-refractivity contribution in [3.05, 3.63) is 45.7 Å². The molecule has 0 bridgehead atoms. The van der Waals surface area contributed by atoms with Gasteiger partial charge in [-0.15, -0.1) is 11.3 Å². The van der Waals surface area contributed by atoms with E-state index >= 15 is 0 Å². The third-order valence-corrected chi connectivity index (χ3v) is 5.05. The topological polar surface area (TPSA) is 97.6 Å². The van der Waals surface area contributed by atoms with E-state index in [1.807, 2.05) is 38.3 Å². The van der Waals surface area contributed by atoms with Crippen LogP contribution in [0, 0.1) is 27.7 Å². The zero-order valence-corrected chi connectivity index (χ0v) is 16.0. The van der Waals surface area contributed by atoms with Crippen molar-refractivity contribution in [1.29, 1.82) is 0 Å². The molecule has 26 heavy (non-hydrogen) atoms. The molecular weight excluding hydrogens is 350 g/mol. The number of imidazole rings is 1. The third kappa shape index (κ3) is 3.88. The fourth-order valence-corrected chi connectivity index (χ4v) is 3.33. The number of nitrogens with one attached hydrogen (secondary N) is 2. The summed E-state index contributed by atoms with van der Waals surface area (Å²) in [5.41, 5.74) is 2.77. The van der Waals surface area contributed by atoms with Gasteiger partial charge in [-0.3, -0.25) is 9.36 Å². The molecule has 0 spiro atoms. The standard InChI is InChI=1S/C17H21N7OS/c1-10-12(3)24(9-22-10)15-7-14(20-8-21-15)18-5-6-19-17(25)16-11(2)23-13(4)26-16/h7-9H,5-6H2,1-4H3,(H,19,25)(H,18,20,21). The van der Waals surface area contributed by atoms with Gasteiger partial charge in [0.05, 0.1) is 16.4 Å². The summed E-state index contributed by atoms with van der Waals surface area (Å²) in [5, 5.41) is 6.98. The molecule has 8 nitrogen and oxygen atoms in total. The molecule has 0 aromatic carbocycles. The van der Waals surface area contributed by atoms with E-state index in [0.29, 0.717) is 23.8 Å². The van der Waals surface area contributed by atoms with Crippen molar-refractivity contribution in [2.45, 2.75) is 27.7 Å². The average molecular weight is 371 g/mol. The number of anilines is 1. The van der Waals surface area contributed by atoms with E-state index in [-0.39, 0.29) is 5.91 Å². The summed E-state index contributed by atoms with van der Waals surface area (Å²) >= 11 is 1.41. The van der Waals surface area contributed by atoms with Gasteiger partial charge in [0.1, 0.15) is 29.2 Å². The molecule has 0 atom stereocenters. The van der Waals surface area contributed by atoms with Gasteiger partial charge in [0.15, 0.2) is 0 Å². The predicted octanol–water partition coefficient (Wildman–Crippen LogP) is 2.19. The van der Waals surface area contributed by atoms with Crippen LogP contribution >= 0.6 is 11.3 Å². The van der Waals surface area contributed by atoms with Crippen LogP contribution in [-0.4, -0.2) is 43.5 Å². The Balaban J connectivity index is 1.55. The molecule has 0 saturated carbocycles. The summed E-state index contributed by atoms with van der Waals surface area (Å²) in [4.78, 5) is 29.9. The van der Waals surface area contributed by atoms with Gasteiger partial charge < -0.3 is 10.6 Å². The Labute approximate surface area is 155 Å². The molecule has 0 unspecified atom stereocenters. The normalized spacial score (nSPS) is 10.8. The van der Waals surface area contributed by atoms with Gasteiger partial charge in [0.2, 0.25) is 0 Å². The van der Waals surface area contributed by atoms with Crippen molar-refractivity contribution >= 4 is 23.1 Å². The lowest BCUT2D eigenvalue weighted by atomic mass is 10.3. The lowest BCUT2D eigenvalue weighted by molar-refractivity contribution is 0.0958. The average Bonchev–Trinajstić information content (AvgIpc) is 3.13. The van der Waals surface area contributed by atoms with Crippen LogP contribution in [0.25, 0.3) is 5.82 Å². The highest BCUT2D eigenvalue weighted by Gasteiger charge is 2.13. The SMILES string of the molecule is Cc1nc(C)c(C(=O)NCCNc2cc(-n3cnc(C)c3C)ncn2)s1. The first kappa shape index (κ1) is 18.0. The maximum atomic E-state index is 12.2. The van der Waals surface area contributed by atoms with Crippen LogP contribution in [0.4, 0.5) is 5.82 Å². The number of aryl methyl sites for hydroxylation is 3. The molecule has 0 fully saturated rings. The van der Waals surface area contributed by atoms with Crippen molar-refractivity contribution in [2.24, 2.45) is 0 Å². The summed E-state index contributed by atoms with van der Waals surface area (Å²) in [6, 6.07) is 1.85. The van der Waals surface area contributed by atoms with Crippen LogP contribution in [0.2, 0.25) is 0 Å². The monoisotopic (exact) mass is 371 g/mol. The van der Waals surface area contributed by atoms with Crippen LogP contribution < -0.4 is 10.6 Å². The quantitative estimate of drug-likeness (QED) is 0.645. The number of nitrogens with zero attached hydrogens (tertiary/aromatic N) is 5. The summed E-state index contributed by atoms with van der Waals surface area (Å²) in [6.45, 7) is 8.74. The number of aromatic nitrogens is 5. The van der Waals surface area contributed by atoms with Gasteiger partial charge >= 0.3 is 0 Å². The zero-order valence-electron chi connectivity index (χ0n) is 15.2. The van der Waals surface area contributed by atoms with Crippen molar-refractivity contribution in [2.75, 3.05) is 18.4 Å². The molecule has 3 aromatic rings. The maximum absolute atomic E-state index is 12.2. The van der Waals surface area contributed by atoms with E-state index in [4.69, 9.17) is 0 Å². The first-order chi connectivity index (χ1) is 12.5. The van der Waals surface area contributed by atoms with Crippen LogP contribution in [0.5, 0.6) is 0 Å². The van der Waals surface area contributed by atoms with E-state index < -0.39 is 0 Å². The molecule has 0 saturated heterocycles. The van der Waals surface area contributed by atoms with Crippen molar-refractivity contribution in [3.63, 3.8) is 0 Å². The number of thiazole rings is 1. The fraction of sp³-hybridized carbons (Fsp3) is 0.353. The van der Waals surface area contributed by atoms with Gasteiger partial charge in [-0.2, -0.15) is 0 Å². The molecule has 3 aromatic heterocycles. The number of hydrogen-bond donors (Lipinski definition) is 2. The van der Waals surface area contributed by atoms with Crippen molar-refractivity contribution in [3.8, 4) is 5.82 Å². The Morgan fingerprint density at radius 1 is 1.12 bits per heavy atom. The Kier molecular flexibility index (Phi) is 5.27. The smallest absolute Gasteiger partial charge is 0.263 e. The highest BCUT2D eigenvalue weighted by Crippen LogP contribution is 2.16. The lowest BCUT2D eigenvalue weighted by Crippen LogP contribution is -2.28. The predicted molar refractivity (Wildman–Crippen MR) is 101 cm³/mol. The maximum Gasteiger partial charge on any atom is 0.263 e. The van der Waals surface area contributed by atoms with Gasteiger partial charge in [0, 0.05) is 24.8 Å². The number of hydrogen-bond acceptors (Lipinski definition) is 7. The third-order valence-electron chi connectivity index (χ3n) is 3.98. The Hall–Kier alpha value is -2.81. The minimum absolute atomic E-state index is 0.0946. The second-order valence-corrected chi connectivity index (χ2v) is 7.08. The minimum atomic E-state index is -0.0946. The van der Waals surface area contributed by atoms with Gasteiger partial charge in [0.25, 0.3) is 5.91 Å². The highest BCUT2D eigenvalue weighted by atomic mass is 32.1. The Bertz CT molecular complexity index is 931. The summed E-state index contributed by atoms with van der Waals surface area (Å²) in [5.74, 6) is 1.35. The highest BCUT2D eigenvalue weighted by molar-refractivity contribution is 7.13. The first-order valence-corrected chi connectivity index (χ1v) is 9.06. The van der Waals surface area contributed by atoms with E-state index in [0.717, 1.165) is 27.9 Å². The van der Waals surface area contributed by atoms with E-state index in [1.54, 1.807) is 6.33 Å². The molecule has 136 valence electrons. The summed E-state index contributed by atoms with van der Waals surface area (Å²) in [6.07, 6.45) is 3.25. The lowest BCUT2D eigenvalue weighted by Gasteiger charge is -2.09. The largest absolute Gasteiger partial charge is 0.368 e. The zero-order chi connectivity index (χ0) is 18.7. The number of carbonyl (C=O) groups excluding carboxylic acids is 1. The van der Waals surface area contributed by atoms with Gasteiger partial charge in [-0.25, -0.2) is 19.9 Å². The van der Waals surface area contributed by atoms with Gasteiger partial charge in [-0.1, -0.05) is 0 Å². The number of amides is 1. The molecule has 0 aliphatic carbocycles. The van der Waals surface area contributed by atoms with Crippen LogP contribution in [0.3, 0.4) is 0 Å². The van der Waals surface area contributed by atoms with Gasteiger partial charge in [-0.05, 0) is 27.7 Å². The molecule has 1 amide bonds. The molecule has 0 aliphatic heterocycles. The Morgan fingerprint density at radius 2 is 1.92 bits per heavy atom. The fourth-order valence-electron chi connectivity index (χ4n) is 2.49. The molecular formula is C17H21N7OS. The summed E-state index contributed by atoms with van der Waals surface area (Å²) < 4.78 is 1.92. The molecule has 0 radical (unpaired) electrons. The number of carbonyl (C=O) groups is 1. The van der Waals surface area contributed by atoms with E-state index in [2.05, 4.69) is 30.6 Å². The minimum Gasteiger partial charge on any atom is -0.368 e. The van der Waals surface area contributed by atoms with Crippen LogP contribution in [0.1, 0.15) is 31.8 Å². The second-order valence-electron chi connectivity index (χ2n) is 5.88. The van der Waals surface area contributed by atoms with Crippen LogP contribution in [-0.2, 0) is 0 Å². The first-order valence-electron chi connectivity index (χ1n) is 8.24. The molecule has 3 rings (SSSR count). The van der Waals surface area contributed by atoms with Crippen LogP contribution in [0.15, 0.2) is 18.7 Å². The molecule has 9 heteroatoms. The molecule has 2 N–H and O–H groups in total.